The average Bonchev–Trinajstić information content (AvgIpc) is 2.85. The highest BCUT2D eigenvalue weighted by Crippen LogP contribution is 2.23. The van der Waals surface area contributed by atoms with Crippen molar-refractivity contribution in [2.24, 2.45) is 0 Å². The number of aromatic nitrogens is 2. The zero-order valence-corrected chi connectivity index (χ0v) is 20.9. The van der Waals surface area contributed by atoms with Gasteiger partial charge < -0.3 is 4.57 Å². The lowest BCUT2D eigenvalue weighted by Crippen LogP contribution is -2.33. The molecule has 3 nitrogen and oxygen atoms in total. The second kappa shape index (κ2) is 14.0. The molecule has 2 aromatic heterocycles. The van der Waals surface area contributed by atoms with Crippen molar-refractivity contribution in [2.75, 3.05) is 0 Å². The van der Waals surface area contributed by atoms with Gasteiger partial charge in [-0.15, -0.1) is 0 Å². The topological polar surface area (TPSA) is 25.9 Å². The summed E-state index contributed by atoms with van der Waals surface area (Å²) >= 11 is 0. The van der Waals surface area contributed by atoms with Gasteiger partial charge in [0.15, 0.2) is 17.8 Å². The van der Waals surface area contributed by atoms with E-state index >= 15 is 0 Å². The molecule has 0 aliphatic carbocycles. The first-order valence-electron chi connectivity index (χ1n) is 13.4. The van der Waals surface area contributed by atoms with Gasteiger partial charge in [-0.25, -0.2) is 4.57 Å². The Kier molecular flexibility index (Phi) is 10.7. The molecular formula is C30H43N2O+. The Morgan fingerprint density at radius 3 is 2.18 bits per heavy atom. The molecule has 3 aromatic rings. The second-order valence-corrected chi connectivity index (χ2v) is 9.43. The number of aryl methyl sites for hydroxylation is 2. The Morgan fingerprint density at radius 1 is 0.758 bits per heavy atom. The van der Waals surface area contributed by atoms with E-state index in [1.54, 1.807) is 0 Å². The van der Waals surface area contributed by atoms with Crippen LogP contribution in [-0.4, -0.2) is 4.57 Å². The molecule has 178 valence electrons. The molecule has 2 heterocycles. The molecule has 3 rings (SSSR count). The summed E-state index contributed by atoms with van der Waals surface area (Å²) in [7, 11) is 0. The Balaban J connectivity index is 1.79. The molecule has 0 unspecified atom stereocenters. The van der Waals surface area contributed by atoms with Crippen LogP contribution in [0.4, 0.5) is 0 Å². The summed E-state index contributed by atoms with van der Waals surface area (Å²) in [6.07, 6.45) is 19.8. The first-order valence-corrected chi connectivity index (χ1v) is 13.4. The SMILES string of the molecule is CCCCCCCCn1c(-c2ccc[n+](CCCCCCCC)c2)cc(=O)c2ccccc21. The van der Waals surface area contributed by atoms with Gasteiger partial charge in [0.05, 0.1) is 16.8 Å². The van der Waals surface area contributed by atoms with Crippen LogP contribution in [0.2, 0.25) is 0 Å². The van der Waals surface area contributed by atoms with Gasteiger partial charge in [0.1, 0.15) is 6.54 Å². The van der Waals surface area contributed by atoms with Crippen molar-refractivity contribution in [2.45, 2.75) is 104 Å². The van der Waals surface area contributed by atoms with Gasteiger partial charge in [-0.05, 0) is 31.0 Å². The monoisotopic (exact) mass is 447 g/mol. The smallest absolute Gasteiger partial charge is 0.190 e. The first-order chi connectivity index (χ1) is 16.2. The van der Waals surface area contributed by atoms with E-state index in [-0.39, 0.29) is 5.43 Å². The number of hydrogen-bond donors (Lipinski definition) is 0. The highest BCUT2D eigenvalue weighted by Gasteiger charge is 2.13. The number of hydrogen-bond acceptors (Lipinski definition) is 1. The molecule has 0 saturated carbocycles. The van der Waals surface area contributed by atoms with Gasteiger partial charge in [0, 0.05) is 30.5 Å². The van der Waals surface area contributed by atoms with Gasteiger partial charge in [-0.3, -0.25) is 4.79 Å². The van der Waals surface area contributed by atoms with Crippen LogP contribution in [0.25, 0.3) is 22.2 Å². The normalized spacial score (nSPS) is 11.3. The number of fused-ring (bicyclic) bond motifs is 1. The molecule has 1 aromatic carbocycles. The van der Waals surface area contributed by atoms with Gasteiger partial charge >= 0.3 is 0 Å². The van der Waals surface area contributed by atoms with Crippen LogP contribution in [0, 0.1) is 0 Å². The maximum Gasteiger partial charge on any atom is 0.190 e. The van der Waals surface area contributed by atoms with E-state index < -0.39 is 0 Å². The predicted molar refractivity (Wildman–Crippen MR) is 141 cm³/mol. The lowest BCUT2D eigenvalue weighted by molar-refractivity contribution is -0.696. The Hall–Kier alpha value is -2.42. The Labute approximate surface area is 200 Å². The van der Waals surface area contributed by atoms with E-state index in [0.29, 0.717) is 0 Å². The zero-order chi connectivity index (χ0) is 23.3. The lowest BCUT2D eigenvalue weighted by atomic mass is 10.1. The Bertz CT molecular complexity index is 1040. The molecule has 0 amide bonds. The molecule has 0 spiro atoms. The summed E-state index contributed by atoms with van der Waals surface area (Å²) in [6, 6.07) is 14.2. The minimum absolute atomic E-state index is 0.117. The third-order valence-electron chi connectivity index (χ3n) is 6.68. The molecule has 0 aliphatic rings. The van der Waals surface area contributed by atoms with Crippen LogP contribution in [0.1, 0.15) is 90.9 Å². The summed E-state index contributed by atoms with van der Waals surface area (Å²) in [5, 5.41) is 0.822. The van der Waals surface area contributed by atoms with Crippen molar-refractivity contribution >= 4 is 10.9 Å². The molecule has 0 N–H and O–H groups in total. The minimum Gasteiger partial charge on any atom is -0.340 e. The maximum absolute atomic E-state index is 12.9. The van der Waals surface area contributed by atoms with Crippen LogP contribution >= 0.6 is 0 Å². The van der Waals surface area contributed by atoms with Crippen LogP contribution in [0.5, 0.6) is 0 Å². The van der Waals surface area contributed by atoms with Crippen LogP contribution < -0.4 is 10.00 Å². The number of unbranched alkanes of at least 4 members (excludes halogenated alkanes) is 10. The molecule has 0 saturated heterocycles. The van der Waals surface area contributed by atoms with Crippen molar-refractivity contribution in [1.82, 2.24) is 4.57 Å². The van der Waals surface area contributed by atoms with E-state index in [1.165, 1.54) is 70.6 Å². The number of rotatable bonds is 15. The molecular weight excluding hydrogens is 404 g/mol. The second-order valence-electron chi connectivity index (χ2n) is 9.43. The summed E-state index contributed by atoms with van der Waals surface area (Å²) in [5.74, 6) is 0. The van der Waals surface area contributed by atoms with Crippen LogP contribution in [-0.2, 0) is 13.1 Å². The quantitative estimate of drug-likeness (QED) is 0.173. The van der Waals surface area contributed by atoms with Crippen LogP contribution in [0.15, 0.2) is 59.7 Å². The molecule has 0 radical (unpaired) electrons. The first kappa shape index (κ1) is 25.2. The van der Waals surface area contributed by atoms with Gasteiger partial charge in [0.2, 0.25) is 0 Å². The fraction of sp³-hybridized carbons (Fsp3) is 0.533. The summed E-state index contributed by atoms with van der Waals surface area (Å²) in [4.78, 5) is 12.9. The number of benzene rings is 1. The minimum atomic E-state index is 0.117. The third kappa shape index (κ3) is 7.55. The molecule has 0 fully saturated rings. The van der Waals surface area contributed by atoms with E-state index in [4.69, 9.17) is 0 Å². The highest BCUT2D eigenvalue weighted by molar-refractivity contribution is 5.82. The van der Waals surface area contributed by atoms with Crippen molar-refractivity contribution in [3.05, 3.63) is 65.1 Å². The highest BCUT2D eigenvalue weighted by atomic mass is 16.1. The fourth-order valence-corrected chi connectivity index (χ4v) is 4.74. The number of pyridine rings is 2. The number of para-hydroxylation sites is 1. The van der Waals surface area contributed by atoms with E-state index in [1.807, 2.05) is 24.3 Å². The van der Waals surface area contributed by atoms with Crippen molar-refractivity contribution in [3.8, 4) is 11.3 Å². The van der Waals surface area contributed by atoms with Gasteiger partial charge in [-0.1, -0.05) is 83.8 Å². The molecule has 0 aliphatic heterocycles. The molecule has 33 heavy (non-hydrogen) atoms. The molecule has 3 heteroatoms. The van der Waals surface area contributed by atoms with E-state index in [2.05, 4.69) is 53.6 Å². The lowest BCUT2D eigenvalue weighted by Gasteiger charge is -2.17. The Morgan fingerprint density at radius 2 is 1.42 bits per heavy atom. The summed E-state index contributed by atoms with van der Waals surface area (Å²) in [6.45, 7) is 6.52. The third-order valence-corrected chi connectivity index (χ3v) is 6.68. The van der Waals surface area contributed by atoms with Gasteiger partial charge in [0.25, 0.3) is 0 Å². The van der Waals surface area contributed by atoms with Crippen molar-refractivity contribution in [1.29, 1.82) is 0 Å². The fourth-order valence-electron chi connectivity index (χ4n) is 4.74. The van der Waals surface area contributed by atoms with Crippen LogP contribution in [0.3, 0.4) is 0 Å². The molecule has 0 bridgehead atoms. The summed E-state index contributed by atoms with van der Waals surface area (Å²) in [5.41, 5.74) is 3.35. The average molecular weight is 448 g/mol. The molecule has 0 atom stereocenters. The van der Waals surface area contributed by atoms with E-state index in [9.17, 15) is 4.79 Å². The number of nitrogens with zero attached hydrogens (tertiary/aromatic N) is 2. The largest absolute Gasteiger partial charge is 0.340 e. The maximum atomic E-state index is 12.9. The zero-order valence-electron chi connectivity index (χ0n) is 20.9. The standard InChI is InChI=1S/C30H43N2O/c1-3-5-7-9-11-15-21-31-22-17-18-26(25-31)29-24-30(33)27-19-13-14-20-28(27)32(29)23-16-12-10-8-6-4-2/h13-14,17-20,22,24-25H,3-12,15-16,21,23H2,1-2H3/q+1. The summed E-state index contributed by atoms with van der Waals surface area (Å²) < 4.78 is 4.67. The van der Waals surface area contributed by atoms with Crippen molar-refractivity contribution in [3.63, 3.8) is 0 Å². The van der Waals surface area contributed by atoms with Gasteiger partial charge in [-0.2, -0.15) is 0 Å². The van der Waals surface area contributed by atoms with Crippen molar-refractivity contribution < 1.29 is 4.57 Å². The predicted octanol–water partition coefficient (Wildman–Crippen LogP) is 7.68. The van der Waals surface area contributed by atoms with E-state index in [0.717, 1.165) is 41.7 Å².